The van der Waals surface area contributed by atoms with E-state index in [2.05, 4.69) is 5.18 Å². The third kappa shape index (κ3) is 1.58. The Hall–Kier alpha value is -0.730. The molecule has 0 aliphatic carbocycles. The van der Waals surface area contributed by atoms with Crippen LogP contribution < -0.4 is 0 Å². The maximum absolute atomic E-state index is 9.33. The Bertz CT molecular complexity index is 53.8. The van der Waals surface area contributed by atoms with Crippen LogP contribution in [0.5, 0.6) is 0 Å². The van der Waals surface area contributed by atoms with Crippen molar-refractivity contribution in [3.63, 3.8) is 0 Å². The Morgan fingerprint density at radius 1 is 2.00 bits per heavy atom. The second-order valence-electron chi connectivity index (χ2n) is 1.01. The van der Waals surface area contributed by atoms with Gasteiger partial charge in [0.1, 0.15) is 6.04 Å². The van der Waals surface area contributed by atoms with Gasteiger partial charge in [-0.3, -0.25) is 0 Å². The molecule has 0 amide bonds. The van der Waals surface area contributed by atoms with Crippen molar-refractivity contribution < 1.29 is 0 Å². The van der Waals surface area contributed by atoms with E-state index >= 15 is 0 Å². The Kier molecular flexibility index (Phi) is 2.20. The molecule has 0 aromatic carbocycles. The molecular weight excluding hydrogens is 80.0 g/mol. The van der Waals surface area contributed by atoms with Gasteiger partial charge in [0.15, 0.2) is 0 Å². The molecule has 1 N–H and O–H groups in total. The quantitative estimate of drug-likeness (QED) is 0.392. The summed E-state index contributed by atoms with van der Waals surface area (Å²) in [6.07, 6.45) is 0.993. The summed E-state index contributed by atoms with van der Waals surface area (Å²) in [7, 11) is 0. The first kappa shape index (κ1) is 5.27. The van der Waals surface area contributed by atoms with E-state index in [1.165, 1.54) is 0 Å². The highest BCUT2D eigenvalue weighted by atomic mass is 16.3. The van der Waals surface area contributed by atoms with E-state index in [1.54, 1.807) is 6.92 Å². The lowest BCUT2D eigenvalue weighted by Crippen LogP contribution is -1.93. The smallest absolute Gasteiger partial charge is 0.123 e. The van der Waals surface area contributed by atoms with Gasteiger partial charge in [-0.15, -0.1) is 0 Å². The Labute approximate surface area is 35.8 Å². The zero-order valence-corrected chi connectivity index (χ0v) is 3.51. The maximum atomic E-state index is 9.33. The first-order valence-corrected chi connectivity index (χ1v) is 1.64. The van der Waals surface area contributed by atoms with Gasteiger partial charge in [-0.1, -0.05) is 5.18 Å². The first-order chi connectivity index (χ1) is 2.81. The molecule has 0 radical (unpaired) electrons. The number of hydrogen-bond donors (Lipinski definition) is 1. The SMILES string of the molecule is CC(C=N)N=O. The molecule has 0 saturated carbocycles. The summed E-state index contributed by atoms with van der Waals surface area (Å²) in [5.41, 5.74) is 0. The van der Waals surface area contributed by atoms with Gasteiger partial charge in [-0.2, -0.15) is 4.91 Å². The van der Waals surface area contributed by atoms with Crippen molar-refractivity contribution in [3.8, 4) is 0 Å². The highest BCUT2D eigenvalue weighted by molar-refractivity contribution is 5.59. The van der Waals surface area contributed by atoms with Crippen molar-refractivity contribution >= 4 is 6.21 Å². The van der Waals surface area contributed by atoms with Gasteiger partial charge in [0, 0.05) is 6.21 Å². The van der Waals surface area contributed by atoms with Crippen LogP contribution in [-0.4, -0.2) is 12.3 Å². The number of hydrogen-bond acceptors (Lipinski definition) is 3. The van der Waals surface area contributed by atoms with Crippen LogP contribution in [-0.2, 0) is 0 Å². The molecule has 0 aromatic rings. The van der Waals surface area contributed by atoms with Crippen LogP contribution in [0.15, 0.2) is 5.18 Å². The molecular formula is C3H6N2O. The lowest BCUT2D eigenvalue weighted by Gasteiger charge is -1.80. The average molecular weight is 86.1 g/mol. The standard InChI is InChI=1S/C3H6N2O/c1-3(2-4)5-6/h2-4H,1H3. The number of rotatable bonds is 2. The van der Waals surface area contributed by atoms with E-state index < -0.39 is 6.04 Å². The van der Waals surface area contributed by atoms with Gasteiger partial charge in [-0.25, -0.2) is 0 Å². The van der Waals surface area contributed by atoms with Gasteiger partial charge < -0.3 is 5.41 Å². The zero-order valence-electron chi connectivity index (χ0n) is 3.51. The first-order valence-electron chi connectivity index (χ1n) is 1.64. The van der Waals surface area contributed by atoms with Crippen molar-refractivity contribution in [3.05, 3.63) is 4.91 Å². The molecule has 0 aliphatic rings. The molecule has 0 fully saturated rings. The number of nitrogens with one attached hydrogen (secondary N) is 1. The molecule has 0 saturated heterocycles. The molecule has 0 aromatic heterocycles. The van der Waals surface area contributed by atoms with Gasteiger partial charge in [0.25, 0.3) is 0 Å². The summed E-state index contributed by atoms with van der Waals surface area (Å²) in [6, 6.07) is -0.454. The molecule has 0 bridgehead atoms. The number of nitroso groups, excluding NO2 is 1. The van der Waals surface area contributed by atoms with Crippen molar-refractivity contribution in [1.82, 2.24) is 0 Å². The van der Waals surface area contributed by atoms with Gasteiger partial charge >= 0.3 is 0 Å². The van der Waals surface area contributed by atoms with Crippen LogP contribution in [0.25, 0.3) is 0 Å². The summed E-state index contributed by atoms with van der Waals surface area (Å²) >= 11 is 0. The lowest BCUT2D eigenvalue weighted by atomic mass is 10.4. The molecule has 6 heavy (non-hydrogen) atoms. The molecule has 0 heterocycles. The highest BCUT2D eigenvalue weighted by Gasteiger charge is 1.87. The molecule has 1 unspecified atom stereocenters. The predicted molar refractivity (Wildman–Crippen MR) is 24.0 cm³/mol. The van der Waals surface area contributed by atoms with E-state index in [-0.39, 0.29) is 0 Å². The lowest BCUT2D eigenvalue weighted by molar-refractivity contribution is 0.977. The zero-order chi connectivity index (χ0) is 4.99. The minimum atomic E-state index is -0.454. The van der Waals surface area contributed by atoms with Crippen LogP contribution in [0, 0.1) is 10.3 Å². The molecule has 0 spiro atoms. The molecule has 3 nitrogen and oxygen atoms in total. The minimum absolute atomic E-state index is 0.454. The molecule has 3 heteroatoms. The topological polar surface area (TPSA) is 53.3 Å². The predicted octanol–water partition coefficient (Wildman–Crippen LogP) is 0.791. The fourth-order valence-electron chi connectivity index (χ4n) is 0.0304. The van der Waals surface area contributed by atoms with E-state index in [1.807, 2.05) is 0 Å². The second-order valence-corrected chi connectivity index (χ2v) is 1.01. The third-order valence-corrected chi connectivity index (χ3v) is 0.407. The summed E-state index contributed by atoms with van der Waals surface area (Å²) in [5, 5.41) is 8.90. The second kappa shape index (κ2) is 2.50. The average Bonchev–Trinajstić information content (AvgIpc) is 1.65. The van der Waals surface area contributed by atoms with Crippen molar-refractivity contribution in [1.29, 1.82) is 5.41 Å². The maximum Gasteiger partial charge on any atom is 0.123 e. The molecule has 34 valence electrons. The van der Waals surface area contributed by atoms with E-state index in [9.17, 15) is 4.91 Å². The van der Waals surface area contributed by atoms with Crippen molar-refractivity contribution in [2.24, 2.45) is 5.18 Å². The Morgan fingerprint density at radius 2 is 2.50 bits per heavy atom. The number of nitrogens with zero attached hydrogens (tertiary/aromatic N) is 1. The summed E-state index contributed by atoms with van der Waals surface area (Å²) in [4.78, 5) is 9.33. The monoisotopic (exact) mass is 86.0 g/mol. The summed E-state index contributed by atoms with van der Waals surface area (Å²) in [5.74, 6) is 0. The summed E-state index contributed by atoms with van der Waals surface area (Å²) < 4.78 is 0. The Balaban J connectivity index is 3.21. The van der Waals surface area contributed by atoms with Crippen LogP contribution in [0.1, 0.15) is 6.92 Å². The summed E-state index contributed by atoms with van der Waals surface area (Å²) in [6.45, 7) is 1.56. The fraction of sp³-hybridized carbons (Fsp3) is 0.667. The molecule has 1 atom stereocenters. The normalized spacial score (nSPS) is 12.8. The third-order valence-electron chi connectivity index (χ3n) is 0.407. The Morgan fingerprint density at radius 3 is 2.50 bits per heavy atom. The minimum Gasteiger partial charge on any atom is -0.311 e. The van der Waals surface area contributed by atoms with Crippen LogP contribution in [0.4, 0.5) is 0 Å². The van der Waals surface area contributed by atoms with Crippen LogP contribution in [0.3, 0.4) is 0 Å². The van der Waals surface area contributed by atoms with E-state index in [0.29, 0.717) is 0 Å². The van der Waals surface area contributed by atoms with Gasteiger partial charge in [0.05, 0.1) is 0 Å². The van der Waals surface area contributed by atoms with Crippen molar-refractivity contribution in [2.45, 2.75) is 13.0 Å². The fourth-order valence-corrected chi connectivity index (χ4v) is 0.0304. The highest BCUT2D eigenvalue weighted by Crippen LogP contribution is 1.76. The molecule has 0 aliphatic heterocycles. The van der Waals surface area contributed by atoms with Gasteiger partial charge in [0.2, 0.25) is 0 Å². The van der Waals surface area contributed by atoms with Gasteiger partial charge in [-0.05, 0) is 6.92 Å². The van der Waals surface area contributed by atoms with Crippen LogP contribution in [0.2, 0.25) is 0 Å². The van der Waals surface area contributed by atoms with E-state index in [0.717, 1.165) is 6.21 Å². The molecule has 0 rings (SSSR count). The van der Waals surface area contributed by atoms with E-state index in [4.69, 9.17) is 5.41 Å². The van der Waals surface area contributed by atoms with Crippen LogP contribution >= 0.6 is 0 Å². The van der Waals surface area contributed by atoms with Crippen molar-refractivity contribution in [2.75, 3.05) is 0 Å². The largest absolute Gasteiger partial charge is 0.311 e.